The number of hydrogen-bond acceptors (Lipinski definition) is 6. The summed E-state index contributed by atoms with van der Waals surface area (Å²) in [6, 6.07) is 7.12. The number of aryl methyl sites for hydroxylation is 1. The van der Waals surface area contributed by atoms with E-state index in [4.69, 9.17) is 9.15 Å². The highest BCUT2D eigenvalue weighted by Crippen LogP contribution is 2.15. The Kier molecular flexibility index (Phi) is 5.22. The van der Waals surface area contributed by atoms with Crippen molar-refractivity contribution in [1.82, 2.24) is 15.3 Å². The van der Waals surface area contributed by atoms with Crippen molar-refractivity contribution in [3.05, 3.63) is 64.3 Å². The summed E-state index contributed by atoms with van der Waals surface area (Å²) < 4.78 is 10.7. The number of furan rings is 1. The van der Waals surface area contributed by atoms with Crippen LogP contribution in [0.25, 0.3) is 0 Å². The summed E-state index contributed by atoms with van der Waals surface area (Å²) in [4.78, 5) is 20.4. The van der Waals surface area contributed by atoms with Crippen LogP contribution in [0.2, 0.25) is 0 Å². The van der Waals surface area contributed by atoms with Crippen molar-refractivity contribution < 1.29 is 13.9 Å². The zero-order valence-corrected chi connectivity index (χ0v) is 14.0. The van der Waals surface area contributed by atoms with E-state index in [1.165, 1.54) is 6.26 Å². The first-order valence-corrected chi connectivity index (χ1v) is 8.39. The van der Waals surface area contributed by atoms with Crippen molar-refractivity contribution in [2.75, 3.05) is 6.54 Å². The van der Waals surface area contributed by atoms with Crippen LogP contribution < -0.4 is 10.1 Å². The lowest BCUT2D eigenvalue weighted by Gasteiger charge is -2.03. The number of amides is 1. The summed E-state index contributed by atoms with van der Waals surface area (Å²) in [5, 5.41) is 5.67. The topological polar surface area (TPSA) is 77.2 Å². The van der Waals surface area contributed by atoms with E-state index in [1.807, 2.05) is 24.4 Å². The number of nitrogens with zero attached hydrogens (tertiary/aromatic N) is 2. The van der Waals surface area contributed by atoms with Crippen molar-refractivity contribution >= 4 is 17.2 Å². The van der Waals surface area contributed by atoms with Crippen molar-refractivity contribution in [3.8, 4) is 5.75 Å². The number of carbonyl (C=O) groups is 1. The zero-order chi connectivity index (χ0) is 16.8. The molecule has 24 heavy (non-hydrogen) atoms. The minimum Gasteiger partial charge on any atom is -0.485 e. The van der Waals surface area contributed by atoms with Gasteiger partial charge in [-0.3, -0.25) is 9.78 Å². The van der Waals surface area contributed by atoms with Crippen LogP contribution in [0.3, 0.4) is 0 Å². The molecule has 3 heterocycles. The SMILES string of the molecule is Cc1ccc(OCc2nc(CCNC(=O)c3ccco3)cs2)cn1. The molecule has 0 saturated carbocycles. The first-order valence-electron chi connectivity index (χ1n) is 7.51. The lowest BCUT2D eigenvalue weighted by molar-refractivity contribution is 0.0926. The highest BCUT2D eigenvalue weighted by molar-refractivity contribution is 7.09. The third kappa shape index (κ3) is 4.42. The second kappa shape index (κ2) is 7.74. The van der Waals surface area contributed by atoms with Gasteiger partial charge in [0.2, 0.25) is 0 Å². The van der Waals surface area contributed by atoms with Gasteiger partial charge in [0.1, 0.15) is 17.4 Å². The van der Waals surface area contributed by atoms with Crippen LogP contribution in [-0.4, -0.2) is 22.4 Å². The lowest BCUT2D eigenvalue weighted by Crippen LogP contribution is -2.25. The van der Waals surface area contributed by atoms with Crippen LogP contribution in [0.1, 0.15) is 27.0 Å². The van der Waals surface area contributed by atoms with Crippen molar-refractivity contribution in [2.45, 2.75) is 20.0 Å². The number of thiazole rings is 1. The first kappa shape index (κ1) is 16.2. The van der Waals surface area contributed by atoms with E-state index in [-0.39, 0.29) is 5.91 Å². The van der Waals surface area contributed by atoms with Gasteiger partial charge in [-0.05, 0) is 31.2 Å². The summed E-state index contributed by atoms with van der Waals surface area (Å²) in [6.07, 6.45) is 3.84. The van der Waals surface area contributed by atoms with Gasteiger partial charge >= 0.3 is 0 Å². The Hall–Kier alpha value is -2.67. The Balaban J connectivity index is 1.43. The highest BCUT2D eigenvalue weighted by atomic mass is 32.1. The smallest absolute Gasteiger partial charge is 0.286 e. The first-order chi connectivity index (χ1) is 11.7. The lowest BCUT2D eigenvalue weighted by atomic mass is 10.3. The van der Waals surface area contributed by atoms with E-state index in [0.717, 1.165) is 22.1 Å². The Labute approximate surface area is 143 Å². The molecule has 0 spiro atoms. The third-order valence-corrected chi connectivity index (χ3v) is 4.13. The molecule has 0 bridgehead atoms. The van der Waals surface area contributed by atoms with E-state index >= 15 is 0 Å². The summed E-state index contributed by atoms with van der Waals surface area (Å²) in [5.74, 6) is 0.822. The fourth-order valence-electron chi connectivity index (χ4n) is 2.01. The number of pyridine rings is 1. The molecule has 0 atom stereocenters. The van der Waals surface area contributed by atoms with Crippen molar-refractivity contribution in [2.24, 2.45) is 0 Å². The van der Waals surface area contributed by atoms with E-state index in [0.29, 0.717) is 25.3 Å². The van der Waals surface area contributed by atoms with E-state index in [9.17, 15) is 4.79 Å². The monoisotopic (exact) mass is 343 g/mol. The Bertz CT molecular complexity index is 782. The maximum atomic E-state index is 11.7. The molecule has 6 nitrogen and oxygen atoms in total. The van der Waals surface area contributed by atoms with Crippen LogP contribution in [-0.2, 0) is 13.0 Å². The molecule has 0 unspecified atom stereocenters. The molecule has 0 aliphatic rings. The minimum atomic E-state index is -0.217. The molecule has 0 aliphatic carbocycles. The summed E-state index contributed by atoms with van der Waals surface area (Å²) >= 11 is 1.54. The molecule has 0 saturated heterocycles. The Morgan fingerprint density at radius 3 is 3.04 bits per heavy atom. The van der Waals surface area contributed by atoms with Crippen LogP contribution >= 0.6 is 11.3 Å². The number of aromatic nitrogens is 2. The third-order valence-electron chi connectivity index (χ3n) is 3.26. The van der Waals surface area contributed by atoms with E-state index < -0.39 is 0 Å². The minimum absolute atomic E-state index is 0.217. The molecular formula is C17H17N3O3S. The van der Waals surface area contributed by atoms with Crippen molar-refractivity contribution in [1.29, 1.82) is 0 Å². The molecular weight excluding hydrogens is 326 g/mol. The van der Waals surface area contributed by atoms with Gasteiger partial charge in [0, 0.05) is 24.0 Å². The molecule has 3 aromatic rings. The average molecular weight is 343 g/mol. The van der Waals surface area contributed by atoms with Crippen LogP contribution in [0.5, 0.6) is 5.75 Å². The van der Waals surface area contributed by atoms with Gasteiger partial charge in [0.25, 0.3) is 5.91 Å². The van der Waals surface area contributed by atoms with Gasteiger partial charge in [-0.1, -0.05) is 0 Å². The largest absolute Gasteiger partial charge is 0.485 e. The quantitative estimate of drug-likeness (QED) is 0.713. The van der Waals surface area contributed by atoms with Gasteiger partial charge in [-0.2, -0.15) is 0 Å². The van der Waals surface area contributed by atoms with Crippen LogP contribution in [0.4, 0.5) is 0 Å². The predicted molar refractivity (Wildman–Crippen MR) is 90.2 cm³/mol. The number of hydrogen-bond donors (Lipinski definition) is 1. The molecule has 1 amide bonds. The number of rotatable bonds is 7. The van der Waals surface area contributed by atoms with E-state index in [1.54, 1.807) is 29.7 Å². The summed E-state index contributed by atoms with van der Waals surface area (Å²) in [6.45, 7) is 2.85. The van der Waals surface area contributed by atoms with Crippen molar-refractivity contribution in [3.63, 3.8) is 0 Å². The fourth-order valence-corrected chi connectivity index (χ4v) is 2.75. The highest BCUT2D eigenvalue weighted by Gasteiger charge is 2.08. The Morgan fingerprint density at radius 1 is 1.38 bits per heavy atom. The van der Waals surface area contributed by atoms with Gasteiger partial charge in [-0.25, -0.2) is 4.98 Å². The van der Waals surface area contributed by atoms with Gasteiger partial charge < -0.3 is 14.5 Å². The summed E-state index contributed by atoms with van der Waals surface area (Å²) in [7, 11) is 0. The molecule has 0 aromatic carbocycles. The summed E-state index contributed by atoms with van der Waals surface area (Å²) in [5.41, 5.74) is 1.89. The molecule has 1 N–H and O–H groups in total. The molecule has 7 heteroatoms. The molecule has 0 fully saturated rings. The molecule has 0 aliphatic heterocycles. The number of ether oxygens (including phenoxy) is 1. The standard InChI is InChI=1S/C17H17N3O3S/c1-12-4-5-14(9-19-12)23-10-16-20-13(11-24-16)6-7-18-17(21)15-3-2-8-22-15/h2-5,8-9,11H,6-7,10H2,1H3,(H,18,21). The average Bonchev–Trinajstić information content (AvgIpc) is 3.26. The maximum absolute atomic E-state index is 11.7. The predicted octanol–water partition coefficient (Wildman–Crippen LogP) is 2.99. The molecule has 124 valence electrons. The molecule has 0 radical (unpaired) electrons. The Morgan fingerprint density at radius 2 is 2.29 bits per heavy atom. The normalized spacial score (nSPS) is 10.5. The van der Waals surface area contributed by atoms with Crippen LogP contribution in [0, 0.1) is 6.92 Å². The second-order valence-corrected chi connectivity index (χ2v) is 6.08. The zero-order valence-electron chi connectivity index (χ0n) is 13.2. The fraction of sp³-hybridized carbons (Fsp3) is 0.235. The van der Waals surface area contributed by atoms with Gasteiger partial charge in [0.15, 0.2) is 5.76 Å². The molecule has 3 aromatic heterocycles. The van der Waals surface area contributed by atoms with Gasteiger partial charge in [-0.15, -0.1) is 11.3 Å². The number of carbonyl (C=O) groups excluding carboxylic acids is 1. The van der Waals surface area contributed by atoms with Gasteiger partial charge in [0.05, 0.1) is 18.2 Å². The van der Waals surface area contributed by atoms with E-state index in [2.05, 4.69) is 15.3 Å². The number of nitrogens with one attached hydrogen (secondary N) is 1. The molecule has 3 rings (SSSR count). The maximum Gasteiger partial charge on any atom is 0.286 e. The van der Waals surface area contributed by atoms with Crippen LogP contribution in [0.15, 0.2) is 46.5 Å². The second-order valence-electron chi connectivity index (χ2n) is 5.14.